The molecular formula is C19H21N7O2. The molecule has 0 spiro atoms. The molecule has 0 unspecified atom stereocenters. The van der Waals surface area contributed by atoms with E-state index >= 15 is 0 Å². The van der Waals surface area contributed by atoms with Crippen LogP contribution in [0.3, 0.4) is 0 Å². The van der Waals surface area contributed by atoms with Gasteiger partial charge in [-0.1, -0.05) is 30.4 Å². The first kappa shape index (κ1) is 19.0. The van der Waals surface area contributed by atoms with Gasteiger partial charge in [0.1, 0.15) is 6.61 Å². The number of hydrogen-bond acceptors (Lipinski definition) is 9. The molecule has 0 aliphatic rings. The topological polar surface area (TPSA) is 98.2 Å². The summed E-state index contributed by atoms with van der Waals surface area (Å²) in [5.74, 6) is 1.41. The Bertz CT molecular complexity index is 928. The van der Waals surface area contributed by atoms with Crippen LogP contribution in [0.4, 0.5) is 17.6 Å². The van der Waals surface area contributed by atoms with Crippen molar-refractivity contribution in [2.75, 3.05) is 30.9 Å². The minimum absolute atomic E-state index is 0.0994. The van der Waals surface area contributed by atoms with Crippen molar-refractivity contribution >= 4 is 17.6 Å². The SMILES string of the molecule is C=CCOc1ccc(Oc2nc(Nc3ccc(C)cc3)nc(N(C)C)n2)nn1. The lowest BCUT2D eigenvalue weighted by molar-refractivity contribution is 0.338. The predicted octanol–water partition coefficient (Wildman–Crippen LogP) is 3.14. The second-order valence-corrected chi connectivity index (χ2v) is 6.04. The summed E-state index contributed by atoms with van der Waals surface area (Å²) in [6, 6.07) is 11.3. The molecule has 3 rings (SSSR count). The molecule has 9 heteroatoms. The third kappa shape index (κ3) is 5.13. The summed E-state index contributed by atoms with van der Waals surface area (Å²) in [5, 5.41) is 11.0. The number of nitrogens with one attached hydrogen (secondary N) is 1. The molecule has 1 aromatic carbocycles. The predicted molar refractivity (Wildman–Crippen MR) is 106 cm³/mol. The number of anilines is 3. The molecule has 28 heavy (non-hydrogen) atoms. The first-order valence-corrected chi connectivity index (χ1v) is 8.56. The quantitative estimate of drug-likeness (QED) is 0.592. The highest BCUT2D eigenvalue weighted by Crippen LogP contribution is 2.21. The van der Waals surface area contributed by atoms with Crippen molar-refractivity contribution in [3.63, 3.8) is 0 Å². The van der Waals surface area contributed by atoms with Gasteiger partial charge in [-0.05, 0) is 19.1 Å². The van der Waals surface area contributed by atoms with Crippen LogP contribution in [0.1, 0.15) is 5.56 Å². The molecule has 0 saturated carbocycles. The zero-order valence-electron chi connectivity index (χ0n) is 16.0. The molecule has 1 N–H and O–H groups in total. The van der Waals surface area contributed by atoms with Crippen molar-refractivity contribution in [1.82, 2.24) is 25.1 Å². The van der Waals surface area contributed by atoms with E-state index in [0.717, 1.165) is 5.69 Å². The summed E-state index contributed by atoms with van der Waals surface area (Å²) in [4.78, 5) is 14.7. The van der Waals surface area contributed by atoms with E-state index in [-0.39, 0.29) is 11.9 Å². The summed E-state index contributed by atoms with van der Waals surface area (Å²) < 4.78 is 10.9. The van der Waals surface area contributed by atoms with Crippen LogP contribution < -0.4 is 19.7 Å². The van der Waals surface area contributed by atoms with Crippen LogP contribution in [-0.4, -0.2) is 45.9 Å². The molecule has 0 amide bonds. The zero-order valence-corrected chi connectivity index (χ0v) is 16.0. The molecule has 0 fully saturated rings. The smallest absolute Gasteiger partial charge is 0.330 e. The Morgan fingerprint density at radius 2 is 1.71 bits per heavy atom. The lowest BCUT2D eigenvalue weighted by atomic mass is 10.2. The summed E-state index contributed by atoms with van der Waals surface area (Å²) >= 11 is 0. The van der Waals surface area contributed by atoms with Gasteiger partial charge in [0.05, 0.1) is 0 Å². The van der Waals surface area contributed by atoms with Crippen molar-refractivity contribution in [3.8, 4) is 17.8 Å². The average molecular weight is 379 g/mol. The van der Waals surface area contributed by atoms with E-state index < -0.39 is 0 Å². The molecule has 2 heterocycles. The second-order valence-electron chi connectivity index (χ2n) is 6.04. The average Bonchev–Trinajstić information content (AvgIpc) is 2.69. The van der Waals surface area contributed by atoms with Crippen LogP contribution in [0.25, 0.3) is 0 Å². The summed E-state index contributed by atoms with van der Waals surface area (Å²) in [6.45, 7) is 5.96. The van der Waals surface area contributed by atoms with Gasteiger partial charge >= 0.3 is 6.01 Å². The minimum atomic E-state index is 0.0994. The summed E-state index contributed by atoms with van der Waals surface area (Å²) in [5.41, 5.74) is 2.02. The van der Waals surface area contributed by atoms with Crippen molar-refractivity contribution in [2.24, 2.45) is 0 Å². The minimum Gasteiger partial charge on any atom is -0.472 e. The van der Waals surface area contributed by atoms with Crippen LogP contribution in [0.2, 0.25) is 0 Å². The van der Waals surface area contributed by atoms with E-state index in [0.29, 0.717) is 24.4 Å². The van der Waals surface area contributed by atoms with E-state index in [1.165, 1.54) is 5.56 Å². The number of hydrogen-bond donors (Lipinski definition) is 1. The summed E-state index contributed by atoms with van der Waals surface area (Å²) in [6.07, 6.45) is 1.63. The van der Waals surface area contributed by atoms with Gasteiger partial charge in [-0.15, -0.1) is 10.2 Å². The van der Waals surface area contributed by atoms with Gasteiger partial charge in [-0.3, -0.25) is 0 Å². The molecule has 0 aliphatic carbocycles. The monoisotopic (exact) mass is 379 g/mol. The molecule has 0 bridgehead atoms. The van der Waals surface area contributed by atoms with Crippen LogP contribution in [0, 0.1) is 6.92 Å². The molecule has 0 saturated heterocycles. The van der Waals surface area contributed by atoms with Gasteiger partial charge in [0.2, 0.25) is 23.7 Å². The zero-order chi connectivity index (χ0) is 19.9. The van der Waals surface area contributed by atoms with E-state index in [9.17, 15) is 0 Å². The number of aromatic nitrogens is 5. The Morgan fingerprint density at radius 3 is 2.36 bits per heavy atom. The van der Waals surface area contributed by atoms with E-state index in [1.807, 2.05) is 45.3 Å². The highest BCUT2D eigenvalue weighted by Gasteiger charge is 2.11. The molecule has 144 valence electrons. The Morgan fingerprint density at radius 1 is 1.00 bits per heavy atom. The fraction of sp³-hybridized carbons (Fsp3) is 0.211. The van der Waals surface area contributed by atoms with Gasteiger partial charge < -0.3 is 19.7 Å². The van der Waals surface area contributed by atoms with Crippen molar-refractivity contribution in [3.05, 3.63) is 54.6 Å². The lowest BCUT2D eigenvalue weighted by Crippen LogP contribution is -2.15. The van der Waals surface area contributed by atoms with E-state index in [1.54, 1.807) is 23.1 Å². The number of benzene rings is 1. The Hall–Kier alpha value is -3.75. The van der Waals surface area contributed by atoms with Gasteiger partial charge in [0.25, 0.3) is 0 Å². The standard InChI is InChI=1S/C19H21N7O2/c1-5-12-27-15-10-11-16(25-24-15)28-19-22-17(21-18(23-19)26(3)4)20-14-8-6-13(2)7-9-14/h5-11H,1,12H2,2-4H3,(H,20,21,22,23). The van der Waals surface area contributed by atoms with E-state index in [4.69, 9.17) is 9.47 Å². The first-order chi connectivity index (χ1) is 13.5. The first-order valence-electron chi connectivity index (χ1n) is 8.56. The van der Waals surface area contributed by atoms with Crippen LogP contribution in [0.5, 0.6) is 17.8 Å². The van der Waals surface area contributed by atoms with E-state index in [2.05, 4.69) is 37.0 Å². The van der Waals surface area contributed by atoms with Gasteiger partial charge in [0.15, 0.2) is 0 Å². The molecule has 0 atom stereocenters. The molecule has 0 aliphatic heterocycles. The number of ether oxygens (including phenoxy) is 2. The maximum Gasteiger partial charge on any atom is 0.330 e. The largest absolute Gasteiger partial charge is 0.472 e. The van der Waals surface area contributed by atoms with Gasteiger partial charge in [-0.25, -0.2) is 0 Å². The molecule has 3 aromatic rings. The number of rotatable bonds is 8. The summed E-state index contributed by atoms with van der Waals surface area (Å²) in [7, 11) is 3.67. The third-order valence-electron chi connectivity index (χ3n) is 3.47. The highest BCUT2D eigenvalue weighted by molar-refractivity contribution is 5.55. The molecule has 0 radical (unpaired) electrons. The number of nitrogens with zero attached hydrogens (tertiary/aromatic N) is 6. The number of aryl methyl sites for hydroxylation is 1. The fourth-order valence-electron chi connectivity index (χ4n) is 2.09. The lowest BCUT2D eigenvalue weighted by Gasteiger charge is -2.13. The van der Waals surface area contributed by atoms with Gasteiger partial charge in [0, 0.05) is 31.9 Å². The van der Waals surface area contributed by atoms with Gasteiger partial charge in [-0.2, -0.15) is 15.0 Å². The van der Waals surface area contributed by atoms with Crippen molar-refractivity contribution < 1.29 is 9.47 Å². The molecular weight excluding hydrogens is 358 g/mol. The van der Waals surface area contributed by atoms with Crippen LogP contribution >= 0.6 is 0 Å². The van der Waals surface area contributed by atoms with Crippen LogP contribution in [0.15, 0.2) is 49.1 Å². The molecule has 2 aromatic heterocycles. The van der Waals surface area contributed by atoms with Crippen molar-refractivity contribution in [2.45, 2.75) is 6.92 Å². The Kier molecular flexibility index (Phi) is 5.95. The third-order valence-corrected chi connectivity index (χ3v) is 3.47. The maximum absolute atomic E-state index is 5.65. The fourth-order valence-corrected chi connectivity index (χ4v) is 2.09. The molecule has 9 nitrogen and oxygen atoms in total. The highest BCUT2D eigenvalue weighted by atomic mass is 16.5. The maximum atomic E-state index is 5.65. The second kappa shape index (κ2) is 8.76. The normalized spacial score (nSPS) is 10.2. The van der Waals surface area contributed by atoms with Crippen LogP contribution in [-0.2, 0) is 0 Å². The van der Waals surface area contributed by atoms with Crippen molar-refractivity contribution in [1.29, 1.82) is 0 Å². The Labute approximate surface area is 163 Å². The Balaban J connectivity index is 1.80.